The van der Waals surface area contributed by atoms with Gasteiger partial charge in [-0.05, 0) is 32.4 Å². The van der Waals surface area contributed by atoms with Gasteiger partial charge in [-0.3, -0.25) is 30.6 Å². The molecule has 11 heteroatoms. The Morgan fingerprint density at radius 2 is 1.72 bits per heavy atom. The molecule has 1 aromatic carbocycles. The summed E-state index contributed by atoms with van der Waals surface area (Å²) < 4.78 is 9.92. The van der Waals surface area contributed by atoms with E-state index >= 15 is 0 Å². The van der Waals surface area contributed by atoms with Crippen molar-refractivity contribution in [3.05, 3.63) is 63.9 Å². The van der Waals surface area contributed by atoms with Gasteiger partial charge in [0.25, 0.3) is 5.91 Å². The van der Waals surface area contributed by atoms with Crippen LogP contribution in [0.1, 0.15) is 42.9 Å². The third-order valence-electron chi connectivity index (χ3n) is 3.35. The zero-order valence-electron chi connectivity index (χ0n) is 15.9. The van der Waals surface area contributed by atoms with Crippen molar-refractivity contribution in [2.45, 2.75) is 32.4 Å². The zero-order chi connectivity index (χ0) is 21.6. The molecule has 154 valence electrons. The number of carbonyl (C=O) groups excluding carboxylic acids is 3. The molecule has 0 saturated heterocycles. The van der Waals surface area contributed by atoms with Gasteiger partial charge >= 0.3 is 17.9 Å². The average Bonchev–Trinajstić information content (AvgIpc) is 3.14. The van der Waals surface area contributed by atoms with E-state index in [1.807, 2.05) is 0 Å². The topological polar surface area (TPSA) is 153 Å². The van der Waals surface area contributed by atoms with Gasteiger partial charge in [0, 0.05) is 0 Å². The lowest BCUT2D eigenvalue weighted by Crippen LogP contribution is -2.48. The summed E-state index contributed by atoms with van der Waals surface area (Å²) in [7, 11) is 0. The number of nitrogens with zero attached hydrogens (tertiary/aromatic N) is 1. The highest BCUT2D eigenvalue weighted by molar-refractivity contribution is 5.94. The monoisotopic (exact) mass is 404 g/mol. The standard InChI is InChI=1S/C18H20N4O7/c1-18(2,3)29-17(25)19-14(11-7-5-4-6-8-11)16(24)21-20-15(23)12-9-10-13(28-12)22(26)27/h4-10,14H,1-3H3,(H,19,25)(H,20,23)(H,21,24). The van der Waals surface area contributed by atoms with Crippen LogP contribution in [0.4, 0.5) is 10.7 Å². The Morgan fingerprint density at radius 3 is 2.28 bits per heavy atom. The van der Waals surface area contributed by atoms with Crippen molar-refractivity contribution in [2.75, 3.05) is 0 Å². The molecule has 29 heavy (non-hydrogen) atoms. The van der Waals surface area contributed by atoms with Crippen LogP contribution < -0.4 is 16.2 Å². The van der Waals surface area contributed by atoms with E-state index in [0.29, 0.717) is 5.56 Å². The Kier molecular flexibility index (Phi) is 6.55. The molecule has 2 aromatic rings. The maximum Gasteiger partial charge on any atom is 0.433 e. The van der Waals surface area contributed by atoms with Gasteiger partial charge in [-0.15, -0.1) is 0 Å². The molecule has 0 bridgehead atoms. The number of hydrogen-bond acceptors (Lipinski definition) is 7. The fourth-order valence-electron chi connectivity index (χ4n) is 2.17. The van der Waals surface area contributed by atoms with Gasteiger partial charge in [-0.2, -0.15) is 0 Å². The minimum atomic E-state index is -1.17. The Labute approximate surface area is 165 Å². The molecule has 0 spiro atoms. The number of nitro groups is 1. The largest absolute Gasteiger partial charge is 0.444 e. The van der Waals surface area contributed by atoms with Gasteiger partial charge in [-0.25, -0.2) is 4.79 Å². The van der Waals surface area contributed by atoms with E-state index in [4.69, 9.17) is 9.15 Å². The van der Waals surface area contributed by atoms with Crippen LogP contribution in [0.25, 0.3) is 0 Å². The first-order valence-electron chi connectivity index (χ1n) is 8.46. The summed E-state index contributed by atoms with van der Waals surface area (Å²) in [4.78, 5) is 46.5. The Balaban J connectivity index is 2.07. The van der Waals surface area contributed by atoms with Crippen LogP contribution in [0.5, 0.6) is 0 Å². The number of ether oxygens (including phenoxy) is 1. The number of alkyl carbamates (subject to hydrolysis) is 1. The smallest absolute Gasteiger partial charge is 0.433 e. The molecule has 11 nitrogen and oxygen atoms in total. The fourth-order valence-corrected chi connectivity index (χ4v) is 2.17. The Hall–Kier alpha value is -3.89. The minimum Gasteiger partial charge on any atom is -0.444 e. The predicted octanol–water partition coefficient (Wildman–Crippen LogP) is 2.21. The number of furan rings is 1. The highest BCUT2D eigenvalue weighted by atomic mass is 16.6. The SMILES string of the molecule is CC(C)(C)OC(=O)NC(C(=O)NNC(=O)c1ccc([N+](=O)[O-])o1)c1ccccc1. The molecule has 1 heterocycles. The Morgan fingerprint density at radius 1 is 1.07 bits per heavy atom. The van der Waals surface area contributed by atoms with Crippen molar-refractivity contribution >= 4 is 23.8 Å². The van der Waals surface area contributed by atoms with Crippen LogP contribution in [0.3, 0.4) is 0 Å². The first kappa shape index (κ1) is 21.4. The molecule has 3 amide bonds. The molecular formula is C18H20N4O7. The second-order valence-corrected chi connectivity index (χ2v) is 6.83. The van der Waals surface area contributed by atoms with Gasteiger partial charge in [0.15, 0.2) is 0 Å². The summed E-state index contributed by atoms with van der Waals surface area (Å²) in [5, 5.41) is 13.0. The Bertz CT molecular complexity index is 902. The van der Waals surface area contributed by atoms with Gasteiger partial charge in [0.1, 0.15) is 16.6 Å². The molecule has 1 unspecified atom stereocenters. The maximum absolute atomic E-state index is 12.6. The molecule has 0 fully saturated rings. The number of carbonyl (C=O) groups is 3. The summed E-state index contributed by atoms with van der Waals surface area (Å²) in [5.41, 5.74) is 3.89. The van der Waals surface area contributed by atoms with Crippen molar-refractivity contribution < 1.29 is 28.5 Å². The highest BCUT2D eigenvalue weighted by Gasteiger charge is 2.26. The quantitative estimate of drug-likeness (QED) is 0.510. The van der Waals surface area contributed by atoms with Crippen LogP contribution in [0.2, 0.25) is 0 Å². The molecule has 0 aliphatic rings. The summed E-state index contributed by atoms with van der Waals surface area (Å²) >= 11 is 0. The molecule has 1 atom stereocenters. The second-order valence-electron chi connectivity index (χ2n) is 6.83. The molecule has 0 radical (unpaired) electrons. The van der Waals surface area contributed by atoms with Crippen LogP contribution in [-0.2, 0) is 9.53 Å². The minimum absolute atomic E-state index is 0.367. The molecule has 0 saturated carbocycles. The van der Waals surface area contributed by atoms with E-state index < -0.39 is 40.4 Å². The van der Waals surface area contributed by atoms with E-state index in [1.54, 1.807) is 51.1 Å². The molecule has 2 rings (SSSR count). The lowest BCUT2D eigenvalue weighted by atomic mass is 10.1. The molecule has 0 aliphatic heterocycles. The number of hydrazine groups is 1. The molecule has 3 N–H and O–H groups in total. The molecule has 0 aliphatic carbocycles. The summed E-state index contributed by atoms with van der Waals surface area (Å²) in [5.74, 6) is -2.66. The van der Waals surface area contributed by atoms with E-state index in [0.717, 1.165) is 12.1 Å². The number of nitrogens with one attached hydrogen (secondary N) is 3. The van der Waals surface area contributed by atoms with Crippen LogP contribution in [0, 0.1) is 10.1 Å². The first-order valence-corrected chi connectivity index (χ1v) is 8.46. The van der Waals surface area contributed by atoms with Gasteiger partial charge in [-0.1, -0.05) is 30.3 Å². The fraction of sp³-hybridized carbons (Fsp3) is 0.278. The van der Waals surface area contributed by atoms with Crippen molar-refractivity contribution in [3.63, 3.8) is 0 Å². The number of hydrogen-bond donors (Lipinski definition) is 3. The number of benzene rings is 1. The van der Waals surface area contributed by atoms with Crippen LogP contribution in [0.15, 0.2) is 46.9 Å². The van der Waals surface area contributed by atoms with Crippen molar-refractivity contribution in [3.8, 4) is 0 Å². The number of amides is 3. The normalized spacial score (nSPS) is 11.8. The summed E-state index contributed by atoms with van der Waals surface area (Å²) in [6.07, 6.45) is -0.825. The lowest BCUT2D eigenvalue weighted by Gasteiger charge is -2.23. The lowest BCUT2D eigenvalue weighted by molar-refractivity contribution is -0.402. The predicted molar refractivity (Wildman–Crippen MR) is 99.5 cm³/mol. The summed E-state index contributed by atoms with van der Waals surface area (Å²) in [6, 6.07) is 9.23. The maximum atomic E-state index is 12.6. The molecule has 1 aromatic heterocycles. The van der Waals surface area contributed by atoms with E-state index in [2.05, 4.69) is 16.2 Å². The van der Waals surface area contributed by atoms with E-state index in [-0.39, 0.29) is 5.76 Å². The second kappa shape index (κ2) is 8.87. The third kappa shape index (κ3) is 6.34. The van der Waals surface area contributed by atoms with Crippen LogP contribution >= 0.6 is 0 Å². The van der Waals surface area contributed by atoms with Crippen molar-refractivity contribution in [2.24, 2.45) is 0 Å². The van der Waals surface area contributed by atoms with Crippen molar-refractivity contribution in [1.29, 1.82) is 0 Å². The van der Waals surface area contributed by atoms with Crippen molar-refractivity contribution in [1.82, 2.24) is 16.2 Å². The summed E-state index contributed by atoms with van der Waals surface area (Å²) in [6.45, 7) is 5.02. The highest BCUT2D eigenvalue weighted by Crippen LogP contribution is 2.16. The van der Waals surface area contributed by atoms with Gasteiger partial charge < -0.3 is 14.5 Å². The van der Waals surface area contributed by atoms with Gasteiger partial charge in [0.05, 0.1) is 6.07 Å². The third-order valence-corrected chi connectivity index (χ3v) is 3.35. The average molecular weight is 404 g/mol. The van der Waals surface area contributed by atoms with Gasteiger partial charge in [0.2, 0.25) is 5.76 Å². The first-order chi connectivity index (χ1) is 13.6. The van der Waals surface area contributed by atoms with E-state index in [9.17, 15) is 24.5 Å². The van der Waals surface area contributed by atoms with E-state index in [1.165, 1.54) is 0 Å². The molecular weight excluding hydrogens is 384 g/mol. The number of rotatable bonds is 5. The van der Waals surface area contributed by atoms with Crippen LogP contribution in [-0.4, -0.2) is 28.4 Å². The zero-order valence-corrected chi connectivity index (χ0v) is 15.9.